The van der Waals surface area contributed by atoms with Gasteiger partial charge in [0.1, 0.15) is 0 Å². The fourth-order valence-corrected chi connectivity index (χ4v) is 3.47. The first-order chi connectivity index (χ1) is 7.50. The zero-order valence-corrected chi connectivity index (χ0v) is 10.9. The first kappa shape index (κ1) is 13.9. The second kappa shape index (κ2) is 5.95. The Hall–Kier alpha value is -0.170. The number of hydrogen-bond acceptors (Lipinski definition) is 3. The summed E-state index contributed by atoms with van der Waals surface area (Å²) >= 11 is 0. The minimum atomic E-state index is -3.34. The van der Waals surface area contributed by atoms with Crippen LogP contribution in [0.5, 0.6) is 0 Å². The first-order valence-corrected chi connectivity index (χ1v) is 7.20. The van der Waals surface area contributed by atoms with Crippen LogP contribution >= 0.6 is 0 Å². The van der Waals surface area contributed by atoms with Crippen LogP contribution in [-0.4, -0.2) is 55.4 Å². The van der Waals surface area contributed by atoms with Crippen LogP contribution in [0.15, 0.2) is 0 Å². The molecule has 96 valence electrons. The van der Waals surface area contributed by atoms with E-state index >= 15 is 0 Å². The average Bonchev–Trinajstić information content (AvgIpc) is 2.77. The minimum absolute atomic E-state index is 0.0208. The largest absolute Gasteiger partial charge is 0.396 e. The number of hydrogen-bond donors (Lipinski definition) is 1. The highest BCUT2D eigenvalue weighted by molar-refractivity contribution is 7.86. The molecule has 1 aliphatic rings. The molecule has 0 aromatic heterocycles. The second-order valence-electron chi connectivity index (χ2n) is 4.36. The highest BCUT2D eigenvalue weighted by Gasteiger charge is 2.31. The van der Waals surface area contributed by atoms with Crippen molar-refractivity contribution in [1.29, 1.82) is 0 Å². The highest BCUT2D eigenvalue weighted by atomic mass is 32.2. The summed E-state index contributed by atoms with van der Waals surface area (Å²) in [5.41, 5.74) is 0. The maximum atomic E-state index is 12.1. The van der Waals surface area contributed by atoms with E-state index in [4.69, 9.17) is 5.11 Å². The smallest absolute Gasteiger partial charge is 0.281 e. The molecule has 0 saturated heterocycles. The Morgan fingerprint density at radius 3 is 2.31 bits per heavy atom. The van der Waals surface area contributed by atoms with E-state index in [1.54, 1.807) is 14.1 Å². The SMILES string of the molecule is CN(CCCO)S(=O)(=O)N(C)C1CCCC1. The topological polar surface area (TPSA) is 60.9 Å². The summed E-state index contributed by atoms with van der Waals surface area (Å²) in [6, 6.07) is 0.154. The van der Waals surface area contributed by atoms with Crippen LogP contribution in [0.25, 0.3) is 0 Å². The minimum Gasteiger partial charge on any atom is -0.396 e. The van der Waals surface area contributed by atoms with Crippen LogP contribution < -0.4 is 0 Å². The van der Waals surface area contributed by atoms with Gasteiger partial charge in [0.15, 0.2) is 0 Å². The van der Waals surface area contributed by atoms with Gasteiger partial charge in [-0.3, -0.25) is 0 Å². The van der Waals surface area contributed by atoms with Crippen molar-refractivity contribution in [2.24, 2.45) is 0 Å². The van der Waals surface area contributed by atoms with Gasteiger partial charge in [0, 0.05) is 33.3 Å². The van der Waals surface area contributed by atoms with Gasteiger partial charge < -0.3 is 5.11 Å². The summed E-state index contributed by atoms with van der Waals surface area (Å²) in [7, 11) is -0.120. The van der Waals surface area contributed by atoms with Crippen LogP contribution in [0.1, 0.15) is 32.1 Å². The van der Waals surface area contributed by atoms with Crippen molar-refractivity contribution in [3.63, 3.8) is 0 Å². The van der Waals surface area contributed by atoms with Gasteiger partial charge in [-0.15, -0.1) is 0 Å². The molecular formula is C10H22N2O3S. The Morgan fingerprint density at radius 2 is 1.81 bits per heavy atom. The predicted octanol–water partition coefficient (Wildman–Crippen LogP) is 0.420. The Balaban J connectivity index is 2.60. The predicted molar refractivity (Wildman–Crippen MR) is 63.3 cm³/mol. The third-order valence-electron chi connectivity index (χ3n) is 3.23. The Morgan fingerprint density at radius 1 is 1.25 bits per heavy atom. The van der Waals surface area contributed by atoms with Gasteiger partial charge in [0.2, 0.25) is 0 Å². The van der Waals surface area contributed by atoms with Gasteiger partial charge in [-0.05, 0) is 19.3 Å². The summed E-state index contributed by atoms with van der Waals surface area (Å²) in [4.78, 5) is 0. The van der Waals surface area contributed by atoms with Gasteiger partial charge in [-0.2, -0.15) is 17.0 Å². The zero-order chi connectivity index (χ0) is 12.2. The van der Waals surface area contributed by atoms with E-state index in [0.717, 1.165) is 25.7 Å². The Bertz CT molecular complexity index is 299. The van der Waals surface area contributed by atoms with Crippen LogP contribution in [0, 0.1) is 0 Å². The molecule has 16 heavy (non-hydrogen) atoms. The number of aliphatic hydroxyl groups is 1. The molecule has 0 aromatic rings. The van der Waals surface area contributed by atoms with E-state index in [1.807, 2.05) is 0 Å². The van der Waals surface area contributed by atoms with E-state index in [0.29, 0.717) is 13.0 Å². The molecular weight excluding hydrogens is 228 g/mol. The first-order valence-electron chi connectivity index (χ1n) is 5.80. The van der Waals surface area contributed by atoms with E-state index in [1.165, 1.54) is 8.61 Å². The molecule has 0 bridgehead atoms. The molecule has 0 atom stereocenters. The number of nitrogens with zero attached hydrogens (tertiary/aromatic N) is 2. The van der Waals surface area contributed by atoms with Gasteiger partial charge in [-0.1, -0.05) is 12.8 Å². The van der Waals surface area contributed by atoms with Crippen LogP contribution in [0.2, 0.25) is 0 Å². The lowest BCUT2D eigenvalue weighted by molar-refractivity contribution is 0.269. The quantitative estimate of drug-likeness (QED) is 0.743. The van der Waals surface area contributed by atoms with E-state index in [9.17, 15) is 8.42 Å². The summed E-state index contributed by atoms with van der Waals surface area (Å²) in [5.74, 6) is 0. The lowest BCUT2D eigenvalue weighted by Gasteiger charge is -2.28. The summed E-state index contributed by atoms with van der Waals surface area (Å²) < 4.78 is 27.0. The summed E-state index contributed by atoms with van der Waals surface area (Å²) in [5, 5.41) is 8.70. The fraction of sp³-hybridized carbons (Fsp3) is 1.00. The molecule has 1 aliphatic carbocycles. The lowest BCUT2D eigenvalue weighted by atomic mass is 10.3. The van der Waals surface area contributed by atoms with Crippen molar-refractivity contribution < 1.29 is 13.5 Å². The van der Waals surface area contributed by atoms with Gasteiger partial charge in [-0.25, -0.2) is 0 Å². The highest BCUT2D eigenvalue weighted by Crippen LogP contribution is 2.25. The maximum absolute atomic E-state index is 12.1. The lowest BCUT2D eigenvalue weighted by Crippen LogP contribution is -2.44. The third kappa shape index (κ3) is 3.16. The molecule has 0 aromatic carbocycles. The second-order valence-corrected chi connectivity index (χ2v) is 6.46. The van der Waals surface area contributed by atoms with Crippen molar-refractivity contribution in [2.75, 3.05) is 27.2 Å². The molecule has 0 amide bonds. The van der Waals surface area contributed by atoms with Crippen molar-refractivity contribution in [2.45, 2.75) is 38.1 Å². The summed E-state index contributed by atoms with van der Waals surface area (Å²) in [6.07, 6.45) is 4.64. The Kier molecular flexibility index (Phi) is 5.17. The molecule has 1 saturated carbocycles. The molecule has 6 heteroatoms. The molecule has 0 spiro atoms. The normalized spacial score (nSPS) is 18.8. The van der Waals surface area contributed by atoms with Crippen molar-refractivity contribution >= 4 is 10.2 Å². The van der Waals surface area contributed by atoms with Crippen molar-refractivity contribution in [3.8, 4) is 0 Å². The van der Waals surface area contributed by atoms with E-state index < -0.39 is 10.2 Å². The molecule has 0 unspecified atom stereocenters. The van der Waals surface area contributed by atoms with Crippen LogP contribution in [0.4, 0.5) is 0 Å². The van der Waals surface area contributed by atoms with E-state index in [2.05, 4.69) is 0 Å². The molecule has 1 rings (SSSR count). The van der Waals surface area contributed by atoms with Gasteiger partial charge in [0.25, 0.3) is 10.2 Å². The van der Waals surface area contributed by atoms with Crippen molar-refractivity contribution in [1.82, 2.24) is 8.61 Å². The molecule has 1 N–H and O–H groups in total. The molecule has 0 heterocycles. The zero-order valence-electron chi connectivity index (χ0n) is 10.1. The molecule has 5 nitrogen and oxygen atoms in total. The molecule has 0 aliphatic heterocycles. The molecule has 0 radical (unpaired) electrons. The van der Waals surface area contributed by atoms with Gasteiger partial charge >= 0.3 is 0 Å². The van der Waals surface area contributed by atoms with Crippen LogP contribution in [-0.2, 0) is 10.2 Å². The Labute approximate surface area is 98.2 Å². The van der Waals surface area contributed by atoms with E-state index in [-0.39, 0.29) is 12.6 Å². The number of aliphatic hydroxyl groups excluding tert-OH is 1. The van der Waals surface area contributed by atoms with Crippen LogP contribution in [0.3, 0.4) is 0 Å². The number of rotatable bonds is 6. The molecule has 1 fully saturated rings. The van der Waals surface area contributed by atoms with Crippen molar-refractivity contribution in [3.05, 3.63) is 0 Å². The fourth-order valence-electron chi connectivity index (χ4n) is 2.08. The average molecular weight is 250 g/mol. The standard InChI is InChI=1S/C10H22N2O3S/c1-11(8-5-9-13)16(14,15)12(2)10-6-3-4-7-10/h10,13H,3-9H2,1-2H3. The summed E-state index contributed by atoms with van der Waals surface area (Å²) in [6.45, 7) is 0.392. The maximum Gasteiger partial charge on any atom is 0.281 e. The van der Waals surface area contributed by atoms with Gasteiger partial charge in [0.05, 0.1) is 0 Å². The third-order valence-corrected chi connectivity index (χ3v) is 5.22. The monoisotopic (exact) mass is 250 g/mol.